The van der Waals surface area contributed by atoms with Crippen molar-refractivity contribution in [1.29, 1.82) is 0 Å². The summed E-state index contributed by atoms with van der Waals surface area (Å²) in [7, 11) is 0. The summed E-state index contributed by atoms with van der Waals surface area (Å²) in [4.78, 5) is 25.0. The highest BCUT2D eigenvalue weighted by molar-refractivity contribution is 6.33. The number of H-pyrrole nitrogens is 2. The lowest BCUT2D eigenvalue weighted by Crippen LogP contribution is -1.96. The maximum atomic E-state index is 11.1. The highest BCUT2D eigenvalue weighted by atomic mass is 35.5. The number of nitrogens with one attached hydrogen (secondary N) is 2. The van der Waals surface area contributed by atoms with E-state index in [-0.39, 0.29) is 5.82 Å². The maximum Gasteiger partial charge on any atom is 0.439 e. The number of halogens is 1. The first-order chi connectivity index (χ1) is 11.7. The lowest BCUT2D eigenvalue weighted by atomic mass is 10.1. The molecule has 3 heterocycles. The highest BCUT2D eigenvalue weighted by Gasteiger charge is 2.11. The summed E-state index contributed by atoms with van der Waals surface area (Å²) in [5.41, 5.74) is 3.78. The molecule has 118 valence electrons. The Morgan fingerprint density at radius 2 is 1.96 bits per heavy atom. The van der Waals surface area contributed by atoms with Gasteiger partial charge in [-0.05, 0) is 24.3 Å². The molecule has 0 saturated heterocycles. The van der Waals surface area contributed by atoms with E-state index in [4.69, 9.17) is 11.6 Å². The van der Waals surface area contributed by atoms with Gasteiger partial charge in [0, 0.05) is 23.0 Å². The van der Waals surface area contributed by atoms with E-state index >= 15 is 0 Å². The van der Waals surface area contributed by atoms with Crippen LogP contribution in [0.2, 0.25) is 5.02 Å². The Hall–Kier alpha value is -3.19. The topological polar surface area (TPSA) is 100 Å². The Balaban J connectivity index is 1.74. The molecule has 0 spiro atoms. The Morgan fingerprint density at radius 3 is 2.67 bits per heavy atom. The third-order valence-electron chi connectivity index (χ3n) is 3.50. The predicted molar refractivity (Wildman–Crippen MR) is 88.4 cm³/mol. The lowest BCUT2D eigenvalue weighted by Gasteiger charge is -2.06. The molecule has 8 heteroatoms. The first kappa shape index (κ1) is 14.4. The molecule has 0 saturated carbocycles. The molecule has 0 unspecified atom stereocenters. The summed E-state index contributed by atoms with van der Waals surface area (Å²) in [6, 6.07) is 11.2. The highest BCUT2D eigenvalue weighted by Crippen LogP contribution is 2.31. The van der Waals surface area contributed by atoms with Gasteiger partial charge in [0.05, 0.1) is 10.7 Å². The molecule has 24 heavy (non-hydrogen) atoms. The average molecular weight is 340 g/mol. The molecule has 0 radical (unpaired) electrons. The van der Waals surface area contributed by atoms with Crippen LogP contribution < -0.4 is 5.76 Å². The van der Waals surface area contributed by atoms with Crippen molar-refractivity contribution >= 4 is 11.6 Å². The molecule has 0 aliphatic rings. The summed E-state index contributed by atoms with van der Waals surface area (Å²) in [6.07, 6.45) is 3.24. The SMILES string of the molecule is O=c1[nH]c(-c2cc(-c3ccc(-c4ccc[nH]4)c(Cl)c3)ncn2)no1. The second-order valence-corrected chi connectivity index (χ2v) is 5.42. The third-order valence-corrected chi connectivity index (χ3v) is 3.82. The van der Waals surface area contributed by atoms with Crippen molar-refractivity contribution in [2.75, 3.05) is 0 Å². The molecule has 0 bridgehead atoms. The van der Waals surface area contributed by atoms with Crippen LogP contribution in [0.1, 0.15) is 0 Å². The van der Waals surface area contributed by atoms with E-state index in [2.05, 4.69) is 29.6 Å². The van der Waals surface area contributed by atoms with E-state index in [1.54, 1.807) is 6.07 Å². The zero-order valence-corrected chi connectivity index (χ0v) is 12.9. The summed E-state index contributed by atoms with van der Waals surface area (Å²) in [5, 5.41) is 4.22. The number of aromatic amines is 2. The van der Waals surface area contributed by atoms with Crippen LogP contribution in [-0.2, 0) is 0 Å². The smallest absolute Gasteiger partial charge is 0.361 e. The van der Waals surface area contributed by atoms with E-state index in [1.165, 1.54) is 6.33 Å². The number of rotatable bonds is 3. The monoisotopic (exact) mass is 339 g/mol. The van der Waals surface area contributed by atoms with Crippen LogP contribution >= 0.6 is 11.6 Å². The van der Waals surface area contributed by atoms with Gasteiger partial charge in [-0.2, -0.15) is 0 Å². The quantitative estimate of drug-likeness (QED) is 0.597. The molecule has 4 rings (SSSR count). The van der Waals surface area contributed by atoms with Crippen LogP contribution in [0.4, 0.5) is 0 Å². The van der Waals surface area contributed by atoms with E-state index in [0.29, 0.717) is 16.4 Å². The van der Waals surface area contributed by atoms with Crippen LogP contribution in [-0.4, -0.2) is 25.1 Å². The molecule has 2 N–H and O–H groups in total. The van der Waals surface area contributed by atoms with Crippen LogP contribution in [0.15, 0.2) is 58.2 Å². The minimum Gasteiger partial charge on any atom is -0.361 e. The van der Waals surface area contributed by atoms with Crippen molar-refractivity contribution in [2.24, 2.45) is 0 Å². The summed E-state index contributed by atoms with van der Waals surface area (Å²) in [6.45, 7) is 0. The number of hydrogen-bond acceptors (Lipinski definition) is 5. The average Bonchev–Trinajstić information content (AvgIpc) is 3.26. The summed E-state index contributed by atoms with van der Waals surface area (Å²) in [5.74, 6) is -0.388. The summed E-state index contributed by atoms with van der Waals surface area (Å²) >= 11 is 6.39. The Morgan fingerprint density at radius 1 is 1.08 bits per heavy atom. The van der Waals surface area contributed by atoms with Gasteiger partial charge in [0.2, 0.25) is 5.82 Å². The van der Waals surface area contributed by atoms with Crippen molar-refractivity contribution < 1.29 is 4.52 Å². The molecular weight excluding hydrogens is 330 g/mol. The second-order valence-electron chi connectivity index (χ2n) is 5.01. The van der Waals surface area contributed by atoms with E-state index in [1.807, 2.05) is 36.5 Å². The lowest BCUT2D eigenvalue weighted by molar-refractivity contribution is 0.387. The fourth-order valence-corrected chi connectivity index (χ4v) is 2.66. The van der Waals surface area contributed by atoms with Gasteiger partial charge < -0.3 is 4.98 Å². The van der Waals surface area contributed by atoms with Gasteiger partial charge in [-0.1, -0.05) is 28.9 Å². The minimum atomic E-state index is -0.636. The Labute approximate surface area is 140 Å². The molecule has 4 aromatic rings. The minimum absolute atomic E-state index is 0.248. The van der Waals surface area contributed by atoms with E-state index in [0.717, 1.165) is 16.8 Å². The Bertz CT molecular complexity index is 1050. The van der Waals surface area contributed by atoms with Gasteiger partial charge in [-0.3, -0.25) is 9.51 Å². The standard InChI is InChI=1S/C16H10ClN5O2/c17-11-6-9(3-4-10(11)12-2-1-5-18-12)13-7-14(20-8-19-13)15-21-16(23)24-22-15/h1-8,18H,(H,21,22,23). The molecule has 7 nitrogen and oxygen atoms in total. The third kappa shape index (κ3) is 2.61. The Kier molecular flexibility index (Phi) is 3.47. The number of hydrogen-bond donors (Lipinski definition) is 2. The fraction of sp³-hybridized carbons (Fsp3) is 0. The van der Waals surface area contributed by atoms with Crippen molar-refractivity contribution in [2.45, 2.75) is 0 Å². The van der Waals surface area contributed by atoms with Crippen LogP contribution in [0.5, 0.6) is 0 Å². The molecule has 0 aliphatic carbocycles. The van der Waals surface area contributed by atoms with Crippen molar-refractivity contribution in [1.82, 2.24) is 25.1 Å². The maximum absolute atomic E-state index is 11.1. The molecule has 1 aromatic carbocycles. The zero-order valence-electron chi connectivity index (χ0n) is 12.2. The van der Waals surface area contributed by atoms with Crippen molar-refractivity contribution in [3.8, 4) is 34.0 Å². The molecule has 0 aliphatic heterocycles. The normalized spacial score (nSPS) is 10.9. The molecule has 3 aromatic heterocycles. The van der Waals surface area contributed by atoms with Gasteiger partial charge in [-0.25, -0.2) is 14.8 Å². The predicted octanol–water partition coefficient (Wildman–Crippen LogP) is 3.14. The van der Waals surface area contributed by atoms with Crippen molar-refractivity contribution in [3.63, 3.8) is 0 Å². The van der Waals surface area contributed by atoms with Gasteiger partial charge >= 0.3 is 5.76 Å². The number of nitrogens with zero attached hydrogens (tertiary/aromatic N) is 3. The van der Waals surface area contributed by atoms with Gasteiger partial charge in [0.25, 0.3) is 0 Å². The molecule has 0 atom stereocenters. The van der Waals surface area contributed by atoms with Crippen LogP contribution in [0.3, 0.4) is 0 Å². The van der Waals surface area contributed by atoms with Gasteiger partial charge in [0.15, 0.2) is 0 Å². The molecule has 0 fully saturated rings. The first-order valence-corrected chi connectivity index (χ1v) is 7.40. The first-order valence-electron chi connectivity index (χ1n) is 7.03. The zero-order chi connectivity index (χ0) is 16.5. The number of aromatic nitrogens is 5. The number of benzene rings is 1. The second kappa shape index (κ2) is 5.78. The van der Waals surface area contributed by atoms with E-state index < -0.39 is 5.76 Å². The van der Waals surface area contributed by atoms with E-state index in [9.17, 15) is 4.79 Å². The van der Waals surface area contributed by atoms with Crippen LogP contribution in [0.25, 0.3) is 34.0 Å². The van der Waals surface area contributed by atoms with Crippen LogP contribution in [0, 0.1) is 0 Å². The van der Waals surface area contributed by atoms with Gasteiger partial charge in [0.1, 0.15) is 12.0 Å². The molecular formula is C16H10ClN5O2. The molecule has 0 amide bonds. The largest absolute Gasteiger partial charge is 0.439 e. The summed E-state index contributed by atoms with van der Waals surface area (Å²) < 4.78 is 4.49. The fourth-order valence-electron chi connectivity index (χ4n) is 2.38. The van der Waals surface area contributed by atoms with Crippen molar-refractivity contribution in [3.05, 3.63) is 64.5 Å². The van der Waals surface area contributed by atoms with Gasteiger partial charge in [-0.15, -0.1) is 0 Å².